The van der Waals surface area contributed by atoms with Gasteiger partial charge in [-0.15, -0.1) is 0 Å². The Morgan fingerprint density at radius 3 is 2.67 bits per heavy atom. The van der Waals surface area contributed by atoms with Crippen molar-refractivity contribution in [3.8, 4) is 0 Å². The molecule has 0 atom stereocenters. The first-order chi connectivity index (χ1) is 7.83. The number of nitrogens with one attached hydrogen (secondary N) is 1. The van der Waals surface area contributed by atoms with Gasteiger partial charge in [-0.1, -0.05) is 0 Å². The van der Waals surface area contributed by atoms with E-state index in [4.69, 9.17) is 0 Å². The molecule has 3 rings (SSSR count). The van der Waals surface area contributed by atoms with E-state index in [9.17, 15) is 4.79 Å². The van der Waals surface area contributed by atoms with Crippen LogP contribution in [0.15, 0.2) is 29.2 Å². The number of anilines is 1. The van der Waals surface area contributed by atoms with Crippen LogP contribution in [0, 0.1) is 7.43 Å². The third-order valence-corrected chi connectivity index (χ3v) is 3.03. The van der Waals surface area contributed by atoms with E-state index >= 15 is 0 Å². The third kappa shape index (κ3) is 3.40. The van der Waals surface area contributed by atoms with Crippen LogP contribution in [0.3, 0.4) is 0 Å². The Morgan fingerprint density at radius 2 is 1.94 bits per heavy atom. The number of hydrogen-bond donors (Lipinski definition) is 1. The molecule has 0 spiro atoms. The number of pyridine rings is 2. The zero-order valence-corrected chi connectivity index (χ0v) is 17.2. The SMILES string of the molecule is O=c1ccc2cc(N3CCCC3)cnc2[nH]1.[CH3-].[Cs+]. The van der Waals surface area contributed by atoms with Crippen LogP contribution < -0.4 is 79.4 Å². The number of aromatic nitrogens is 2. The van der Waals surface area contributed by atoms with E-state index in [0.717, 1.165) is 24.2 Å². The van der Waals surface area contributed by atoms with Crippen molar-refractivity contribution < 1.29 is 68.9 Å². The molecule has 2 aromatic rings. The Labute approximate surface area is 166 Å². The monoisotopic (exact) mass is 363 g/mol. The summed E-state index contributed by atoms with van der Waals surface area (Å²) in [6, 6.07) is 5.45. The fourth-order valence-electron chi connectivity index (χ4n) is 2.17. The zero-order valence-electron chi connectivity index (χ0n) is 10.9. The number of fused-ring (bicyclic) bond motifs is 1. The molecule has 0 aliphatic carbocycles. The van der Waals surface area contributed by atoms with Crippen LogP contribution >= 0.6 is 0 Å². The van der Waals surface area contributed by atoms with E-state index in [1.165, 1.54) is 18.9 Å². The molecule has 1 fully saturated rings. The fourth-order valence-corrected chi connectivity index (χ4v) is 2.17. The maximum absolute atomic E-state index is 11.1. The summed E-state index contributed by atoms with van der Waals surface area (Å²) in [7, 11) is 0. The molecule has 90 valence electrons. The van der Waals surface area contributed by atoms with Gasteiger partial charge in [-0.25, -0.2) is 4.98 Å². The predicted molar refractivity (Wildman–Crippen MR) is 70.2 cm³/mol. The summed E-state index contributed by atoms with van der Waals surface area (Å²) in [4.78, 5) is 20.5. The van der Waals surface area contributed by atoms with Crippen molar-refractivity contribution in [2.24, 2.45) is 0 Å². The average Bonchev–Trinajstić information content (AvgIpc) is 2.82. The van der Waals surface area contributed by atoms with Crippen molar-refractivity contribution in [1.82, 2.24) is 9.97 Å². The molecule has 18 heavy (non-hydrogen) atoms. The summed E-state index contributed by atoms with van der Waals surface area (Å²) < 4.78 is 0. The van der Waals surface area contributed by atoms with Crippen LogP contribution in [0.4, 0.5) is 5.69 Å². The second-order valence-corrected chi connectivity index (χ2v) is 4.15. The second kappa shape index (κ2) is 7.12. The molecule has 0 aromatic carbocycles. The molecule has 1 N–H and O–H groups in total. The van der Waals surface area contributed by atoms with E-state index in [1.54, 1.807) is 0 Å². The third-order valence-electron chi connectivity index (χ3n) is 3.03. The smallest absolute Gasteiger partial charge is 0.370 e. The first-order valence-corrected chi connectivity index (χ1v) is 5.57. The van der Waals surface area contributed by atoms with Gasteiger partial charge in [0.05, 0.1) is 11.9 Å². The maximum atomic E-state index is 11.1. The zero-order chi connectivity index (χ0) is 11.0. The van der Waals surface area contributed by atoms with Crippen LogP contribution in [0.5, 0.6) is 0 Å². The normalized spacial score (nSPS) is 14.1. The second-order valence-electron chi connectivity index (χ2n) is 4.15. The van der Waals surface area contributed by atoms with Crippen LogP contribution in [0.25, 0.3) is 11.0 Å². The van der Waals surface area contributed by atoms with Gasteiger partial charge in [0.2, 0.25) is 5.56 Å². The van der Waals surface area contributed by atoms with Crippen molar-refractivity contribution in [3.05, 3.63) is 42.2 Å². The molecule has 0 radical (unpaired) electrons. The Hall–Kier alpha value is 0.212. The molecule has 3 heterocycles. The minimum Gasteiger partial charge on any atom is -0.370 e. The number of rotatable bonds is 1. The Balaban J connectivity index is 0.000000810. The Morgan fingerprint density at radius 1 is 1.22 bits per heavy atom. The molecule has 0 unspecified atom stereocenters. The molecule has 4 nitrogen and oxygen atoms in total. The van der Waals surface area contributed by atoms with Crippen molar-refractivity contribution in [3.63, 3.8) is 0 Å². The minimum absolute atomic E-state index is 0. The molecule has 0 saturated carbocycles. The van der Waals surface area contributed by atoms with Crippen LogP contribution in [-0.2, 0) is 0 Å². The van der Waals surface area contributed by atoms with Crippen molar-refractivity contribution in [2.45, 2.75) is 12.8 Å². The average molecular weight is 363 g/mol. The number of hydrogen-bond acceptors (Lipinski definition) is 3. The van der Waals surface area contributed by atoms with Gasteiger partial charge in [-0.2, -0.15) is 0 Å². The number of aromatic amines is 1. The first-order valence-electron chi connectivity index (χ1n) is 5.57. The largest absolute Gasteiger partial charge is 1.00 e. The summed E-state index contributed by atoms with van der Waals surface area (Å²) >= 11 is 0. The van der Waals surface area contributed by atoms with Crippen molar-refractivity contribution in [1.29, 1.82) is 0 Å². The van der Waals surface area contributed by atoms with Crippen molar-refractivity contribution in [2.75, 3.05) is 18.0 Å². The van der Waals surface area contributed by atoms with Gasteiger partial charge >= 0.3 is 68.9 Å². The van der Waals surface area contributed by atoms with Gasteiger partial charge in [-0.3, -0.25) is 4.79 Å². The van der Waals surface area contributed by atoms with E-state index in [0.29, 0.717) is 5.65 Å². The van der Waals surface area contributed by atoms with E-state index in [-0.39, 0.29) is 81.9 Å². The summed E-state index contributed by atoms with van der Waals surface area (Å²) in [5, 5.41) is 0.990. The van der Waals surface area contributed by atoms with Gasteiger partial charge < -0.3 is 17.3 Å². The number of H-pyrrole nitrogens is 1. The molecule has 5 heteroatoms. The van der Waals surface area contributed by atoms with E-state index < -0.39 is 0 Å². The van der Waals surface area contributed by atoms with Crippen molar-refractivity contribution >= 4 is 16.7 Å². The van der Waals surface area contributed by atoms with E-state index in [2.05, 4.69) is 20.9 Å². The fraction of sp³-hybridized carbons (Fsp3) is 0.308. The molecule has 0 bridgehead atoms. The van der Waals surface area contributed by atoms with Crippen LogP contribution in [-0.4, -0.2) is 23.1 Å². The number of nitrogens with zero attached hydrogens (tertiary/aromatic N) is 2. The predicted octanol–water partition coefficient (Wildman–Crippen LogP) is -1.02. The molecular formula is C13H16CsN3O. The molecule has 1 aliphatic rings. The molecule has 2 aromatic heterocycles. The first kappa shape index (κ1) is 16.3. The Kier molecular flexibility index (Phi) is 6.43. The topological polar surface area (TPSA) is 49.0 Å². The summed E-state index contributed by atoms with van der Waals surface area (Å²) in [5.41, 5.74) is 1.71. The van der Waals surface area contributed by atoms with Gasteiger partial charge in [0.1, 0.15) is 5.65 Å². The van der Waals surface area contributed by atoms with Gasteiger partial charge in [0, 0.05) is 24.5 Å². The van der Waals surface area contributed by atoms with Gasteiger partial charge in [0.15, 0.2) is 0 Å². The summed E-state index contributed by atoms with van der Waals surface area (Å²) in [5.74, 6) is 0. The molecular weight excluding hydrogens is 347 g/mol. The Bertz CT molecular complexity index is 576. The van der Waals surface area contributed by atoms with Crippen LogP contribution in [0.1, 0.15) is 12.8 Å². The van der Waals surface area contributed by atoms with Gasteiger partial charge in [-0.05, 0) is 25.0 Å². The minimum atomic E-state index is -0.103. The molecule has 1 aliphatic heterocycles. The molecule has 0 amide bonds. The standard InChI is InChI=1S/C12H13N3O.CH3.Cs/c16-11-4-3-9-7-10(8-13-12(9)14-11)15-5-1-2-6-15;;/h3-4,7-8H,1-2,5-6H2,(H,13,14,16);1H3;/q;-1;+1. The maximum Gasteiger partial charge on any atom is 1.00 e. The van der Waals surface area contributed by atoms with Crippen LogP contribution in [0.2, 0.25) is 0 Å². The van der Waals surface area contributed by atoms with Gasteiger partial charge in [0.25, 0.3) is 0 Å². The summed E-state index contributed by atoms with van der Waals surface area (Å²) in [6.45, 7) is 2.22. The summed E-state index contributed by atoms with van der Waals surface area (Å²) in [6.07, 6.45) is 4.34. The van der Waals surface area contributed by atoms with E-state index in [1.807, 2.05) is 12.3 Å². The quantitative estimate of drug-likeness (QED) is 0.660. The molecule has 1 saturated heterocycles.